The number of carboxylic acids is 1. The Balaban J connectivity index is 2.51. The molecule has 0 bridgehead atoms. The van der Waals surface area contributed by atoms with Crippen molar-refractivity contribution in [2.45, 2.75) is 18.9 Å². The Morgan fingerprint density at radius 3 is 2.77 bits per heavy atom. The maximum atomic E-state index is 13.4. The minimum absolute atomic E-state index is 0.0325. The van der Waals surface area contributed by atoms with Crippen LogP contribution in [0.2, 0.25) is 0 Å². The van der Waals surface area contributed by atoms with E-state index in [0.29, 0.717) is 0 Å². The number of aliphatic carboxylic acids is 1. The van der Waals surface area contributed by atoms with Gasteiger partial charge in [-0.3, -0.25) is 4.79 Å². The number of halogens is 2. The Morgan fingerprint density at radius 2 is 2.14 bits per heavy atom. The van der Waals surface area contributed by atoms with Gasteiger partial charge in [0.1, 0.15) is 0 Å². The fourth-order valence-electron chi connectivity index (χ4n) is 1.70. The van der Waals surface area contributed by atoms with Crippen LogP contribution in [0.1, 0.15) is 12.0 Å². The monoisotopic (exact) mass is 313 g/mol. The van der Waals surface area contributed by atoms with Gasteiger partial charge in [0.2, 0.25) is 5.91 Å². The summed E-state index contributed by atoms with van der Waals surface area (Å²) in [5.74, 6) is -3.81. The van der Waals surface area contributed by atoms with Crippen LogP contribution in [-0.2, 0) is 20.7 Å². The zero-order chi connectivity index (χ0) is 16.5. The lowest BCUT2D eigenvalue weighted by molar-refractivity contribution is -0.143. The lowest BCUT2D eigenvalue weighted by atomic mass is 10.1. The molecule has 5 nitrogen and oxygen atoms in total. The van der Waals surface area contributed by atoms with Crippen molar-refractivity contribution in [3.8, 4) is 0 Å². The van der Waals surface area contributed by atoms with Crippen molar-refractivity contribution in [3.05, 3.63) is 48.1 Å². The summed E-state index contributed by atoms with van der Waals surface area (Å²) in [5, 5.41) is 11.2. The molecule has 0 aliphatic rings. The third kappa shape index (κ3) is 5.61. The van der Waals surface area contributed by atoms with E-state index in [2.05, 4.69) is 11.9 Å². The van der Waals surface area contributed by atoms with E-state index in [9.17, 15) is 18.4 Å². The Morgan fingerprint density at radius 1 is 1.41 bits per heavy atom. The van der Waals surface area contributed by atoms with E-state index in [4.69, 9.17) is 9.84 Å². The summed E-state index contributed by atoms with van der Waals surface area (Å²) in [4.78, 5) is 22.7. The number of benzene rings is 1. The van der Waals surface area contributed by atoms with Crippen molar-refractivity contribution in [2.24, 2.45) is 0 Å². The number of aryl methyl sites for hydroxylation is 1. The highest BCUT2D eigenvalue weighted by atomic mass is 19.2. The van der Waals surface area contributed by atoms with E-state index in [1.165, 1.54) is 18.2 Å². The first-order chi connectivity index (χ1) is 10.5. The molecule has 0 saturated carbocycles. The van der Waals surface area contributed by atoms with Crippen LogP contribution < -0.4 is 5.32 Å². The summed E-state index contributed by atoms with van der Waals surface area (Å²) in [5.41, 5.74) is 0.0601. The average molecular weight is 313 g/mol. The van der Waals surface area contributed by atoms with Gasteiger partial charge in [-0.05, 0) is 18.1 Å². The second-order valence-electron chi connectivity index (χ2n) is 4.50. The number of carbonyl (C=O) groups is 2. The number of amides is 1. The molecule has 1 aromatic carbocycles. The molecule has 0 aliphatic heterocycles. The zero-order valence-corrected chi connectivity index (χ0v) is 11.9. The molecule has 120 valence electrons. The van der Waals surface area contributed by atoms with Gasteiger partial charge < -0.3 is 15.2 Å². The van der Waals surface area contributed by atoms with Crippen LogP contribution in [0.5, 0.6) is 0 Å². The molecule has 0 heterocycles. The molecule has 1 atom stereocenters. The number of nitrogens with one attached hydrogen (secondary N) is 1. The number of ether oxygens (including phenoxy) is 1. The fraction of sp³-hybridized carbons (Fsp3) is 0.333. The Hall–Kier alpha value is -2.28. The van der Waals surface area contributed by atoms with Crippen LogP contribution in [0.4, 0.5) is 8.78 Å². The minimum Gasteiger partial charge on any atom is -0.480 e. The van der Waals surface area contributed by atoms with E-state index < -0.39 is 29.6 Å². The first-order valence-electron chi connectivity index (χ1n) is 6.59. The molecule has 7 heteroatoms. The molecule has 0 spiro atoms. The molecular formula is C15H17F2NO4. The molecule has 0 saturated heterocycles. The predicted octanol–water partition coefficient (Wildman–Crippen LogP) is 1.67. The van der Waals surface area contributed by atoms with Crippen molar-refractivity contribution in [1.82, 2.24) is 5.32 Å². The van der Waals surface area contributed by atoms with Gasteiger partial charge in [0.15, 0.2) is 17.7 Å². The van der Waals surface area contributed by atoms with E-state index in [-0.39, 0.29) is 31.6 Å². The third-order valence-corrected chi connectivity index (χ3v) is 2.81. The second kappa shape index (κ2) is 8.89. The number of carboxylic acid groups (broad SMARTS) is 1. The summed E-state index contributed by atoms with van der Waals surface area (Å²) in [6.45, 7) is 3.37. The Bertz CT molecular complexity index is 548. The van der Waals surface area contributed by atoms with E-state index in [1.54, 1.807) is 0 Å². The van der Waals surface area contributed by atoms with E-state index in [0.717, 1.165) is 6.07 Å². The van der Waals surface area contributed by atoms with Crippen LogP contribution >= 0.6 is 0 Å². The molecular weight excluding hydrogens is 296 g/mol. The van der Waals surface area contributed by atoms with Crippen LogP contribution in [-0.4, -0.2) is 36.2 Å². The standard InChI is InChI=1S/C15H17F2NO4/c1-2-8-22-9-12(15(20)21)18-13(19)7-6-10-4-3-5-11(16)14(10)17/h2-5,12H,1,6-9H2,(H,18,19)(H,20,21). The molecule has 1 unspecified atom stereocenters. The van der Waals surface area contributed by atoms with Gasteiger partial charge in [0.05, 0.1) is 13.2 Å². The van der Waals surface area contributed by atoms with Crippen molar-refractivity contribution >= 4 is 11.9 Å². The maximum absolute atomic E-state index is 13.4. The van der Waals surface area contributed by atoms with Gasteiger partial charge >= 0.3 is 5.97 Å². The Labute approximate surface area is 126 Å². The molecule has 22 heavy (non-hydrogen) atoms. The average Bonchev–Trinajstić information content (AvgIpc) is 2.47. The SMILES string of the molecule is C=CCOCC(NC(=O)CCc1cccc(F)c1F)C(=O)O. The molecule has 0 fully saturated rings. The molecule has 1 rings (SSSR count). The molecule has 0 aliphatic carbocycles. The molecule has 0 aromatic heterocycles. The highest BCUT2D eigenvalue weighted by Crippen LogP contribution is 2.13. The van der Waals surface area contributed by atoms with Gasteiger partial charge in [-0.1, -0.05) is 18.2 Å². The van der Waals surface area contributed by atoms with Gasteiger partial charge in [0, 0.05) is 6.42 Å². The Kier molecular flexibility index (Phi) is 7.18. The number of carbonyl (C=O) groups excluding carboxylic acids is 1. The molecule has 2 N–H and O–H groups in total. The number of hydrogen-bond acceptors (Lipinski definition) is 3. The van der Waals surface area contributed by atoms with Crippen LogP contribution in [0.15, 0.2) is 30.9 Å². The first kappa shape index (κ1) is 17.8. The van der Waals surface area contributed by atoms with Crippen LogP contribution in [0.3, 0.4) is 0 Å². The minimum atomic E-state index is -1.24. The lowest BCUT2D eigenvalue weighted by Gasteiger charge is -2.14. The zero-order valence-electron chi connectivity index (χ0n) is 11.9. The smallest absolute Gasteiger partial charge is 0.328 e. The van der Waals surface area contributed by atoms with Gasteiger partial charge in [-0.25, -0.2) is 13.6 Å². The van der Waals surface area contributed by atoms with Gasteiger partial charge in [0.25, 0.3) is 0 Å². The second-order valence-corrected chi connectivity index (χ2v) is 4.50. The van der Waals surface area contributed by atoms with Crippen molar-refractivity contribution in [2.75, 3.05) is 13.2 Å². The van der Waals surface area contributed by atoms with Crippen LogP contribution in [0, 0.1) is 11.6 Å². The van der Waals surface area contributed by atoms with Crippen LogP contribution in [0.25, 0.3) is 0 Å². The van der Waals surface area contributed by atoms with Crippen molar-refractivity contribution < 1.29 is 28.2 Å². The summed E-state index contributed by atoms with van der Waals surface area (Å²) in [7, 11) is 0. The lowest BCUT2D eigenvalue weighted by Crippen LogP contribution is -2.44. The quantitative estimate of drug-likeness (QED) is 0.537. The highest BCUT2D eigenvalue weighted by molar-refractivity contribution is 5.83. The molecule has 1 amide bonds. The molecule has 0 radical (unpaired) electrons. The number of hydrogen-bond donors (Lipinski definition) is 2. The number of rotatable bonds is 9. The van der Waals surface area contributed by atoms with Gasteiger partial charge in [-0.15, -0.1) is 6.58 Å². The summed E-state index contributed by atoms with van der Waals surface area (Å²) in [6.07, 6.45) is 1.26. The summed E-state index contributed by atoms with van der Waals surface area (Å²) >= 11 is 0. The van der Waals surface area contributed by atoms with Crippen molar-refractivity contribution in [3.63, 3.8) is 0 Å². The maximum Gasteiger partial charge on any atom is 0.328 e. The van der Waals surface area contributed by atoms with E-state index >= 15 is 0 Å². The van der Waals surface area contributed by atoms with E-state index in [1.807, 2.05) is 0 Å². The summed E-state index contributed by atoms with van der Waals surface area (Å²) < 4.78 is 31.4. The van der Waals surface area contributed by atoms with Gasteiger partial charge in [-0.2, -0.15) is 0 Å². The largest absolute Gasteiger partial charge is 0.480 e. The normalized spacial score (nSPS) is 11.7. The molecule has 1 aromatic rings. The topological polar surface area (TPSA) is 75.6 Å². The summed E-state index contributed by atoms with van der Waals surface area (Å²) in [6, 6.07) is 2.49. The highest BCUT2D eigenvalue weighted by Gasteiger charge is 2.20. The van der Waals surface area contributed by atoms with Crippen molar-refractivity contribution in [1.29, 1.82) is 0 Å². The predicted molar refractivity (Wildman–Crippen MR) is 75.3 cm³/mol. The first-order valence-corrected chi connectivity index (χ1v) is 6.59. The fourth-order valence-corrected chi connectivity index (χ4v) is 1.70. The third-order valence-electron chi connectivity index (χ3n) is 2.81.